The molecular formula is C24H24N4O4S2. The number of aryl methyl sites for hydroxylation is 2. The predicted molar refractivity (Wildman–Crippen MR) is 131 cm³/mol. The maximum absolute atomic E-state index is 12.8. The first-order valence-corrected chi connectivity index (χ1v) is 13.3. The lowest BCUT2D eigenvalue weighted by Crippen LogP contribution is -2.20. The summed E-state index contributed by atoms with van der Waals surface area (Å²) >= 11 is 1.22. The SMILES string of the molecule is CCn1nccc1-c1cc(C)ccc1O[C@@H]1CCOc2cc(S(=O)(=O)Nc3nccs3)ccc21. The van der Waals surface area contributed by atoms with Crippen LogP contribution in [0.3, 0.4) is 0 Å². The lowest BCUT2D eigenvalue weighted by molar-refractivity contribution is 0.136. The average molecular weight is 497 g/mol. The van der Waals surface area contributed by atoms with Gasteiger partial charge in [0.15, 0.2) is 5.13 Å². The third-order valence-electron chi connectivity index (χ3n) is 5.63. The van der Waals surface area contributed by atoms with E-state index in [0.717, 1.165) is 34.7 Å². The molecule has 0 unspecified atom stereocenters. The van der Waals surface area contributed by atoms with E-state index in [1.807, 2.05) is 29.8 Å². The van der Waals surface area contributed by atoms with Gasteiger partial charge in [-0.3, -0.25) is 9.40 Å². The van der Waals surface area contributed by atoms with E-state index in [2.05, 4.69) is 27.8 Å². The Hall–Kier alpha value is -3.37. The van der Waals surface area contributed by atoms with Crippen LogP contribution in [0, 0.1) is 6.92 Å². The zero-order valence-corrected chi connectivity index (χ0v) is 20.4. The summed E-state index contributed by atoms with van der Waals surface area (Å²) in [4.78, 5) is 4.11. The summed E-state index contributed by atoms with van der Waals surface area (Å²) in [7, 11) is -3.77. The van der Waals surface area contributed by atoms with Gasteiger partial charge in [0.1, 0.15) is 17.6 Å². The fourth-order valence-electron chi connectivity index (χ4n) is 3.99. The largest absolute Gasteiger partial charge is 0.493 e. The molecule has 5 rings (SSSR count). The summed E-state index contributed by atoms with van der Waals surface area (Å²) in [5.74, 6) is 1.26. The van der Waals surface area contributed by atoms with Crippen molar-refractivity contribution in [1.82, 2.24) is 14.8 Å². The summed E-state index contributed by atoms with van der Waals surface area (Å²) < 4.78 is 42.3. The van der Waals surface area contributed by atoms with Crippen molar-refractivity contribution in [3.63, 3.8) is 0 Å². The molecule has 10 heteroatoms. The highest BCUT2D eigenvalue weighted by Crippen LogP contribution is 2.40. The van der Waals surface area contributed by atoms with Crippen molar-refractivity contribution >= 4 is 26.5 Å². The smallest absolute Gasteiger partial charge is 0.263 e. The van der Waals surface area contributed by atoms with Gasteiger partial charge in [-0.05, 0) is 38.1 Å². The number of benzene rings is 2. The molecule has 0 radical (unpaired) electrons. The lowest BCUT2D eigenvalue weighted by Gasteiger charge is -2.28. The van der Waals surface area contributed by atoms with Gasteiger partial charge in [-0.1, -0.05) is 17.7 Å². The Morgan fingerprint density at radius 3 is 2.88 bits per heavy atom. The molecule has 0 fully saturated rings. The van der Waals surface area contributed by atoms with Crippen molar-refractivity contribution in [1.29, 1.82) is 0 Å². The second-order valence-electron chi connectivity index (χ2n) is 7.92. The van der Waals surface area contributed by atoms with E-state index in [1.54, 1.807) is 36.0 Å². The molecule has 0 aliphatic carbocycles. The minimum atomic E-state index is -3.77. The van der Waals surface area contributed by atoms with Crippen LogP contribution in [0.1, 0.15) is 30.6 Å². The quantitative estimate of drug-likeness (QED) is 0.385. The van der Waals surface area contributed by atoms with Crippen LogP contribution in [0.4, 0.5) is 5.13 Å². The Bertz CT molecular complexity index is 1410. The van der Waals surface area contributed by atoms with Crippen LogP contribution in [0.25, 0.3) is 11.3 Å². The van der Waals surface area contributed by atoms with Crippen molar-refractivity contribution in [2.24, 2.45) is 0 Å². The Balaban J connectivity index is 1.45. The first-order chi connectivity index (χ1) is 16.4. The molecule has 0 amide bonds. The minimum absolute atomic E-state index is 0.116. The molecule has 2 aromatic carbocycles. The summed E-state index contributed by atoms with van der Waals surface area (Å²) in [6.45, 7) is 5.28. The van der Waals surface area contributed by atoms with Crippen LogP contribution in [-0.2, 0) is 16.6 Å². The van der Waals surface area contributed by atoms with Crippen LogP contribution in [0.2, 0.25) is 0 Å². The number of rotatable bonds is 7. The molecule has 1 atom stereocenters. The standard InChI is InChI=1S/C24H24N4O4S2/c1-3-28-20(8-10-26-28)19-14-16(2)4-7-21(19)32-22-9-12-31-23-15-17(5-6-18(22)23)34(29,30)27-24-25-11-13-33-24/h4-8,10-11,13-15,22H,3,9,12H2,1-2H3,(H,25,27)/t22-/m1/s1. The van der Waals surface area contributed by atoms with Gasteiger partial charge in [-0.15, -0.1) is 11.3 Å². The maximum Gasteiger partial charge on any atom is 0.263 e. The molecule has 34 heavy (non-hydrogen) atoms. The number of hydrogen-bond donors (Lipinski definition) is 1. The number of anilines is 1. The molecule has 8 nitrogen and oxygen atoms in total. The fourth-order valence-corrected chi connectivity index (χ4v) is 5.79. The Morgan fingerprint density at radius 1 is 1.21 bits per heavy atom. The molecule has 176 valence electrons. The van der Waals surface area contributed by atoms with Crippen LogP contribution in [-0.4, -0.2) is 29.8 Å². The van der Waals surface area contributed by atoms with E-state index in [1.165, 1.54) is 11.3 Å². The van der Waals surface area contributed by atoms with Gasteiger partial charge in [0.2, 0.25) is 0 Å². The second kappa shape index (κ2) is 9.11. The number of aromatic nitrogens is 3. The topological polar surface area (TPSA) is 95.3 Å². The molecule has 1 aliphatic heterocycles. The fraction of sp³-hybridized carbons (Fsp3) is 0.250. The molecule has 0 bridgehead atoms. The molecule has 1 aliphatic rings. The zero-order chi connectivity index (χ0) is 23.7. The van der Waals surface area contributed by atoms with Gasteiger partial charge >= 0.3 is 0 Å². The van der Waals surface area contributed by atoms with E-state index >= 15 is 0 Å². The first kappa shape index (κ1) is 22.4. The highest BCUT2D eigenvalue weighted by molar-refractivity contribution is 7.93. The lowest BCUT2D eigenvalue weighted by atomic mass is 10.0. The highest BCUT2D eigenvalue weighted by Gasteiger charge is 2.27. The van der Waals surface area contributed by atoms with Crippen molar-refractivity contribution in [3.8, 4) is 22.8 Å². The van der Waals surface area contributed by atoms with E-state index in [4.69, 9.17) is 9.47 Å². The van der Waals surface area contributed by atoms with E-state index in [0.29, 0.717) is 23.9 Å². The normalized spacial score (nSPS) is 15.4. The molecule has 3 heterocycles. The van der Waals surface area contributed by atoms with Crippen LogP contribution in [0.5, 0.6) is 11.5 Å². The highest BCUT2D eigenvalue weighted by atomic mass is 32.2. The Kier molecular flexibility index (Phi) is 6.01. The van der Waals surface area contributed by atoms with Gasteiger partial charge in [0.25, 0.3) is 10.0 Å². The monoisotopic (exact) mass is 496 g/mol. The van der Waals surface area contributed by atoms with Crippen LogP contribution >= 0.6 is 11.3 Å². The average Bonchev–Trinajstić information content (AvgIpc) is 3.51. The van der Waals surface area contributed by atoms with Crippen LogP contribution in [0.15, 0.2) is 65.1 Å². The number of sulfonamides is 1. The molecule has 2 aromatic heterocycles. The molecule has 0 saturated heterocycles. The second-order valence-corrected chi connectivity index (χ2v) is 10.5. The summed E-state index contributed by atoms with van der Waals surface area (Å²) in [6.07, 6.45) is 3.72. The number of ether oxygens (including phenoxy) is 2. The van der Waals surface area contributed by atoms with Crippen molar-refractivity contribution < 1.29 is 17.9 Å². The molecule has 0 spiro atoms. The third-order valence-corrected chi connectivity index (χ3v) is 7.78. The number of thiazole rings is 1. The molecule has 0 saturated carbocycles. The predicted octanol–water partition coefficient (Wildman–Crippen LogP) is 5.04. The molecular weight excluding hydrogens is 472 g/mol. The summed E-state index contributed by atoms with van der Waals surface area (Å²) in [5, 5.41) is 6.43. The molecule has 1 N–H and O–H groups in total. The minimum Gasteiger partial charge on any atom is -0.493 e. The van der Waals surface area contributed by atoms with E-state index in [9.17, 15) is 8.42 Å². The maximum atomic E-state index is 12.8. The number of nitrogens with one attached hydrogen (secondary N) is 1. The Morgan fingerprint density at radius 2 is 2.09 bits per heavy atom. The van der Waals surface area contributed by atoms with Crippen molar-refractivity contribution in [3.05, 3.63) is 71.4 Å². The first-order valence-electron chi connectivity index (χ1n) is 10.9. The number of fused-ring (bicyclic) bond motifs is 1. The van der Waals surface area contributed by atoms with Gasteiger partial charge in [-0.2, -0.15) is 5.10 Å². The van der Waals surface area contributed by atoms with Crippen molar-refractivity contribution in [2.75, 3.05) is 11.3 Å². The van der Waals surface area contributed by atoms with Gasteiger partial charge in [-0.25, -0.2) is 13.4 Å². The number of nitrogens with zero attached hydrogens (tertiary/aromatic N) is 3. The number of hydrogen-bond acceptors (Lipinski definition) is 7. The summed E-state index contributed by atoms with van der Waals surface area (Å²) in [6, 6.07) is 13.0. The molecule has 4 aromatic rings. The van der Waals surface area contributed by atoms with E-state index < -0.39 is 10.0 Å². The van der Waals surface area contributed by atoms with Crippen molar-refractivity contribution in [2.45, 2.75) is 37.8 Å². The van der Waals surface area contributed by atoms with E-state index in [-0.39, 0.29) is 11.0 Å². The Labute approximate surface area is 202 Å². The van der Waals surface area contributed by atoms with Gasteiger partial charge < -0.3 is 9.47 Å². The zero-order valence-electron chi connectivity index (χ0n) is 18.8. The third kappa shape index (κ3) is 4.38. The summed E-state index contributed by atoms with van der Waals surface area (Å²) in [5.41, 5.74) is 3.90. The van der Waals surface area contributed by atoms with Gasteiger partial charge in [0, 0.05) is 47.9 Å². The van der Waals surface area contributed by atoms with Crippen LogP contribution < -0.4 is 14.2 Å². The van der Waals surface area contributed by atoms with Gasteiger partial charge in [0.05, 0.1) is 17.2 Å².